The number of ether oxygens (including phenoxy) is 2. The summed E-state index contributed by atoms with van der Waals surface area (Å²) < 4.78 is 24.5. The van der Waals surface area contributed by atoms with Crippen molar-refractivity contribution in [3.8, 4) is 5.75 Å². The molecule has 2 rings (SSSR count). The molecule has 2 N–H and O–H groups in total. The molecule has 1 aromatic rings. The fraction of sp³-hybridized carbons (Fsp3) is 0.571. The molecule has 19 heavy (non-hydrogen) atoms. The second-order valence-electron chi connectivity index (χ2n) is 4.82. The summed E-state index contributed by atoms with van der Waals surface area (Å²) in [5, 5.41) is 0. The van der Waals surface area contributed by atoms with Gasteiger partial charge in [0.25, 0.3) is 0 Å². The third-order valence-electron chi connectivity index (χ3n) is 3.59. The van der Waals surface area contributed by atoms with Gasteiger partial charge in [-0.05, 0) is 20.3 Å². The summed E-state index contributed by atoms with van der Waals surface area (Å²) in [7, 11) is 1.95. The van der Waals surface area contributed by atoms with Gasteiger partial charge in [0.1, 0.15) is 0 Å². The van der Waals surface area contributed by atoms with Crippen LogP contribution in [0, 0.1) is 5.82 Å². The standard InChI is InChI=1S/C14H21FN2O2/c1-4-18-14-8-13(11(16)7-10(14)15)17(3)12-5-6-19-9(12)2/h7-9,12H,4-6,16H2,1-3H3. The van der Waals surface area contributed by atoms with Crippen molar-refractivity contribution in [3.05, 3.63) is 17.9 Å². The lowest BCUT2D eigenvalue weighted by Gasteiger charge is -2.30. The maximum Gasteiger partial charge on any atom is 0.167 e. The second kappa shape index (κ2) is 5.65. The van der Waals surface area contributed by atoms with Gasteiger partial charge >= 0.3 is 0 Å². The number of anilines is 2. The van der Waals surface area contributed by atoms with Crippen LogP contribution in [0.25, 0.3) is 0 Å². The minimum Gasteiger partial charge on any atom is -0.491 e. The van der Waals surface area contributed by atoms with Gasteiger partial charge in [-0.2, -0.15) is 0 Å². The lowest BCUT2D eigenvalue weighted by atomic mass is 10.1. The summed E-state index contributed by atoms with van der Waals surface area (Å²) in [6.45, 7) is 5.03. The molecule has 0 aromatic heterocycles. The molecule has 1 aliphatic heterocycles. The predicted octanol–water partition coefficient (Wildman–Crippen LogP) is 2.42. The van der Waals surface area contributed by atoms with Crippen LogP contribution in [0.3, 0.4) is 0 Å². The fourth-order valence-corrected chi connectivity index (χ4v) is 2.54. The lowest BCUT2D eigenvalue weighted by Crippen LogP contribution is -2.37. The normalized spacial score (nSPS) is 22.5. The Kier molecular flexibility index (Phi) is 4.14. The van der Waals surface area contributed by atoms with Crippen molar-refractivity contribution in [1.82, 2.24) is 0 Å². The Balaban J connectivity index is 2.30. The van der Waals surface area contributed by atoms with E-state index in [0.29, 0.717) is 12.3 Å². The van der Waals surface area contributed by atoms with Gasteiger partial charge in [0.2, 0.25) is 0 Å². The number of nitrogens with zero attached hydrogens (tertiary/aromatic N) is 1. The summed E-state index contributed by atoms with van der Waals surface area (Å²) in [4.78, 5) is 2.05. The first-order valence-electron chi connectivity index (χ1n) is 6.60. The van der Waals surface area contributed by atoms with E-state index < -0.39 is 5.82 Å². The van der Waals surface area contributed by atoms with Gasteiger partial charge in [-0.1, -0.05) is 0 Å². The van der Waals surface area contributed by atoms with Gasteiger partial charge in [-0.3, -0.25) is 0 Å². The zero-order chi connectivity index (χ0) is 14.0. The summed E-state index contributed by atoms with van der Waals surface area (Å²) in [5.74, 6) is -0.183. The third kappa shape index (κ3) is 2.76. The molecule has 0 amide bonds. The summed E-state index contributed by atoms with van der Waals surface area (Å²) in [5.41, 5.74) is 7.13. The highest BCUT2D eigenvalue weighted by atomic mass is 19.1. The maximum absolute atomic E-state index is 13.7. The Morgan fingerprint density at radius 2 is 2.26 bits per heavy atom. The average Bonchev–Trinajstić information content (AvgIpc) is 2.78. The van der Waals surface area contributed by atoms with E-state index in [1.54, 1.807) is 6.07 Å². The van der Waals surface area contributed by atoms with Crippen molar-refractivity contribution in [1.29, 1.82) is 0 Å². The number of nitrogens with two attached hydrogens (primary N) is 1. The first-order chi connectivity index (χ1) is 9.04. The molecular weight excluding hydrogens is 247 g/mol. The number of hydrogen-bond donors (Lipinski definition) is 1. The van der Waals surface area contributed by atoms with Crippen LogP contribution in [0.1, 0.15) is 20.3 Å². The van der Waals surface area contributed by atoms with Gasteiger partial charge in [0, 0.05) is 25.8 Å². The number of nitrogen functional groups attached to an aromatic ring is 1. The van der Waals surface area contributed by atoms with Crippen LogP contribution in [0.2, 0.25) is 0 Å². The molecule has 0 aliphatic carbocycles. The van der Waals surface area contributed by atoms with Crippen molar-refractivity contribution in [2.45, 2.75) is 32.4 Å². The Bertz CT molecular complexity index is 453. The van der Waals surface area contributed by atoms with Crippen LogP contribution in [0.15, 0.2) is 12.1 Å². The van der Waals surface area contributed by atoms with Crippen LogP contribution < -0.4 is 15.4 Å². The Morgan fingerprint density at radius 3 is 2.84 bits per heavy atom. The SMILES string of the molecule is CCOc1cc(N(C)C2CCOC2C)c(N)cc1F. The molecule has 4 nitrogen and oxygen atoms in total. The fourth-order valence-electron chi connectivity index (χ4n) is 2.54. The molecule has 1 saturated heterocycles. The number of likely N-dealkylation sites (N-methyl/N-ethyl adjacent to an activating group) is 1. The number of halogens is 1. The van der Waals surface area contributed by atoms with Crippen LogP contribution in [0.4, 0.5) is 15.8 Å². The van der Waals surface area contributed by atoms with E-state index in [1.807, 2.05) is 20.9 Å². The van der Waals surface area contributed by atoms with Crippen LogP contribution >= 0.6 is 0 Å². The Morgan fingerprint density at radius 1 is 1.53 bits per heavy atom. The van der Waals surface area contributed by atoms with E-state index in [2.05, 4.69) is 4.90 Å². The topological polar surface area (TPSA) is 47.7 Å². The van der Waals surface area contributed by atoms with E-state index in [-0.39, 0.29) is 17.9 Å². The highest BCUT2D eigenvalue weighted by Crippen LogP contribution is 2.33. The van der Waals surface area contributed by atoms with Crippen LogP contribution in [-0.4, -0.2) is 32.4 Å². The molecule has 0 saturated carbocycles. The summed E-state index contributed by atoms with van der Waals surface area (Å²) in [6.07, 6.45) is 1.09. The quantitative estimate of drug-likeness (QED) is 0.852. The summed E-state index contributed by atoms with van der Waals surface area (Å²) in [6, 6.07) is 3.23. The summed E-state index contributed by atoms with van der Waals surface area (Å²) >= 11 is 0. The van der Waals surface area contributed by atoms with Gasteiger partial charge in [-0.15, -0.1) is 0 Å². The maximum atomic E-state index is 13.7. The van der Waals surface area contributed by atoms with E-state index >= 15 is 0 Å². The van der Waals surface area contributed by atoms with Crippen molar-refractivity contribution in [2.75, 3.05) is 30.9 Å². The van der Waals surface area contributed by atoms with Gasteiger partial charge in [-0.25, -0.2) is 4.39 Å². The third-order valence-corrected chi connectivity index (χ3v) is 3.59. The molecule has 1 heterocycles. The van der Waals surface area contributed by atoms with Crippen molar-refractivity contribution in [2.24, 2.45) is 0 Å². The molecule has 2 unspecified atom stereocenters. The molecule has 106 valence electrons. The molecule has 1 fully saturated rings. The molecule has 2 atom stereocenters. The first-order valence-corrected chi connectivity index (χ1v) is 6.60. The monoisotopic (exact) mass is 268 g/mol. The number of hydrogen-bond acceptors (Lipinski definition) is 4. The second-order valence-corrected chi connectivity index (χ2v) is 4.82. The molecule has 5 heteroatoms. The predicted molar refractivity (Wildman–Crippen MR) is 74.2 cm³/mol. The number of benzene rings is 1. The molecule has 0 spiro atoms. The minimum atomic E-state index is -0.424. The molecule has 0 radical (unpaired) electrons. The van der Waals surface area contributed by atoms with Crippen molar-refractivity contribution >= 4 is 11.4 Å². The average molecular weight is 268 g/mol. The first kappa shape index (κ1) is 13.9. The highest BCUT2D eigenvalue weighted by Gasteiger charge is 2.29. The molecule has 0 bridgehead atoms. The molecule has 1 aliphatic rings. The van der Waals surface area contributed by atoms with Crippen LogP contribution in [-0.2, 0) is 4.74 Å². The van der Waals surface area contributed by atoms with E-state index in [0.717, 1.165) is 18.7 Å². The minimum absolute atomic E-state index is 0.144. The van der Waals surface area contributed by atoms with Crippen LogP contribution in [0.5, 0.6) is 5.75 Å². The zero-order valence-electron chi connectivity index (χ0n) is 11.6. The van der Waals surface area contributed by atoms with Gasteiger partial charge in [0.15, 0.2) is 11.6 Å². The Hall–Kier alpha value is -1.49. The largest absolute Gasteiger partial charge is 0.491 e. The van der Waals surface area contributed by atoms with Crippen molar-refractivity contribution in [3.63, 3.8) is 0 Å². The molecular formula is C14H21FN2O2. The molecule has 1 aromatic carbocycles. The van der Waals surface area contributed by atoms with Crippen molar-refractivity contribution < 1.29 is 13.9 Å². The Labute approximate surface area is 113 Å². The van der Waals surface area contributed by atoms with E-state index in [9.17, 15) is 4.39 Å². The lowest BCUT2D eigenvalue weighted by molar-refractivity contribution is 0.118. The highest BCUT2D eigenvalue weighted by molar-refractivity contribution is 5.70. The van der Waals surface area contributed by atoms with E-state index in [1.165, 1.54) is 6.07 Å². The number of rotatable bonds is 4. The van der Waals surface area contributed by atoms with E-state index in [4.69, 9.17) is 15.2 Å². The zero-order valence-corrected chi connectivity index (χ0v) is 11.6. The van der Waals surface area contributed by atoms with Gasteiger partial charge < -0.3 is 20.1 Å². The van der Waals surface area contributed by atoms with Gasteiger partial charge in [0.05, 0.1) is 30.1 Å². The smallest absolute Gasteiger partial charge is 0.167 e.